The number of hydrogen-bond donors (Lipinski definition) is 3. The molecule has 0 spiro atoms. The van der Waals surface area contributed by atoms with E-state index in [4.69, 9.17) is 14.7 Å². The number of carbonyl (C=O) groups excluding carboxylic acids is 1. The average molecular weight is 497 g/mol. The minimum absolute atomic E-state index is 0.110. The van der Waals surface area contributed by atoms with Gasteiger partial charge < -0.3 is 30.2 Å². The minimum Gasteiger partial charge on any atom is -0.380 e. The number of nitrogens with one attached hydrogen (secondary N) is 3. The van der Waals surface area contributed by atoms with E-state index in [-0.39, 0.29) is 12.0 Å². The fourth-order valence-corrected chi connectivity index (χ4v) is 5.92. The highest BCUT2D eigenvalue weighted by Crippen LogP contribution is 2.37. The van der Waals surface area contributed by atoms with Crippen LogP contribution in [0.4, 0.5) is 17.2 Å². The number of hydrogen-bond acceptors (Lipinski definition) is 8. The molecule has 0 aromatic carbocycles. The Balaban J connectivity index is 1.25. The largest absolute Gasteiger partial charge is 0.380 e. The number of ether oxygens (including phenoxy) is 1. The molecule has 4 aromatic rings. The first-order valence-electron chi connectivity index (χ1n) is 12.6. The molecule has 3 aliphatic heterocycles. The Hall–Kier alpha value is -4.02. The number of pyridine rings is 3. The van der Waals surface area contributed by atoms with Gasteiger partial charge in [0.2, 0.25) is 0 Å². The summed E-state index contributed by atoms with van der Waals surface area (Å²) in [4.78, 5) is 29.6. The lowest BCUT2D eigenvalue weighted by Crippen LogP contribution is -2.34. The molecule has 188 valence electrons. The van der Waals surface area contributed by atoms with Gasteiger partial charge in [-0.25, -0.2) is 9.97 Å². The molecule has 37 heavy (non-hydrogen) atoms. The first kappa shape index (κ1) is 22.2. The number of aryl methyl sites for hydroxylation is 1. The summed E-state index contributed by atoms with van der Waals surface area (Å²) in [6.45, 7) is 2.90. The van der Waals surface area contributed by atoms with Gasteiger partial charge in [0.25, 0.3) is 5.91 Å². The maximum atomic E-state index is 12.9. The van der Waals surface area contributed by atoms with Crippen LogP contribution in [0.1, 0.15) is 28.0 Å². The third-order valence-corrected chi connectivity index (χ3v) is 7.76. The average Bonchev–Trinajstić information content (AvgIpc) is 3.59. The summed E-state index contributed by atoms with van der Waals surface area (Å²) in [6, 6.07) is 8.50. The van der Waals surface area contributed by atoms with Crippen LogP contribution in [0.25, 0.3) is 22.3 Å². The van der Waals surface area contributed by atoms with Gasteiger partial charge in [0.15, 0.2) is 0 Å². The third-order valence-electron chi connectivity index (χ3n) is 7.76. The standard InChI is InChI=1S/C27H28N8O2/c1-34-8-6-18-17(5-7-29-26(18)34)25-19-11-31-27(36)24(19)21(13-30-25)33-23-4-3-22-20(32-23)12-28-10-15-9-16(37-2)14-35(15)22/h3-8,13,15-16,28H,9-12,14H2,1-2H3,(H,31,36)(H,32,33)/t15-,16+/m1/s1. The van der Waals surface area contributed by atoms with Gasteiger partial charge >= 0.3 is 0 Å². The first-order valence-corrected chi connectivity index (χ1v) is 12.6. The predicted octanol–water partition coefficient (Wildman–Crippen LogP) is 2.71. The van der Waals surface area contributed by atoms with Crippen molar-refractivity contribution in [1.82, 2.24) is 30.2 Å². The van der Waals surface area contributed by atoms with Crippen LogP contribution in [0, 0.1) is 0 Å². The zero-order valence-corrected chi connectivity index (χ0v) is 20.8. The van der Waals surface area contributed by atoms with Gasteiger partial charge in [-0.2, -0.15) is 0 Å². The number of amides is 1. The summed E-state index contributed by atoms with van der Waals surface area (Å²) in [6.07, 6.45) is 6.75. The van der Waals surface area contributed by atoms with Crippen molar-refractivity contribution in [3.63, 3.8) is 0 Å². The number of fused-ring (bicyclic) bond motifs is 5. The second-order valence-electron chi connectivity index (χ2n) is 9.90. The molecule has 4 aromatic heterocycles. The lowest BCUT2D eigenvalue weighted by atomic mass is 10.0. The molecule has 0 radical (unpaired) electrons. The lowest BCUT2D eigenvalue weighted by Gasteiger charge is -2.25. The number of anilines is 3. The van der Waals surface area contributed by atoms with Crippen LogP contribution < -0.4 is 20.9 Å². The van der Waals surface area contributed by atoms with Crippen molar-refractivity contribution in [1.29, 1.82) is 0 Å². The van der Waals surface area contributed by atoms with Crippen LogP contribution in [0.2, 0.25) is 0 Å². The number of aromatic nitrogens is 4. The summed E-state index contributed by atoms with van der Waals surface area (Å²) < 4.78 is 7.61. The van der Waals surface area contributed by atoms with Gasteiger partial charge in [0.05, 0.1) is 40.6 Å². The van der Waals surface area contributed by atoms with Gasteiger partial charge in [0.1, 0.15) is 11.5 Å². The smallest absolute Gasteiger partial charge is 0.254 e. The molecular formula is C27H28N8O2. The van der Waals surface area contributed by atoms with E-state index in [1.165, 1.54) is 0 Å². The zero-order valence-electron chi connectivity index (χ0n) is 20.8. The van der Waals surface area contributed by atoms with Gasteiger partial charge in [-0.05, 0) is 30.7 Å². The Bertz CT molecular complexity index is 1550. The van der Waals surface area contributed by atoms with Crippen molar-refractivity contribution < 1.29 is 9.53 Å². The second-order valence-corrected chi connectivity index (χ2v) is 9.90. The molecule has 3 N–H and O–H groups in total. The second kappa shape index (κ2) is 8.53. The van der Waals surface area contributed by atoms with Crippen molar-refractivity contribution in [3.8, 4) is 11.3 Å². The monoisotopic (exact) mass is 496 g/mol. The van der Waals surface area contributed by atoms with Crippen LogP contribution in [0.3, 0.4) is 0 Å². The van der Waals surface area contributed by atoms with Gasteiger partial charge in [0, 0.05) is 75.3 Å². The van der Waals surface area contributed by atoms with Crippen molar-refractivity contribution in [2.45, 2.75) is 31.7 Å². The lowest BCUT2D eigenvalue weighted by molar-refractivity contribution is 0.0966. The fourth-order valence-electron chi connectivity index (χ4n) is 5.92. The molecule has 0 unspecified atom stereocenters. The normalized spacial score (nSPS) is 20.4. The first-order chi connectivity index (χ1) is 18.1. The van der Waals surface area contributed by atoms with Crippen molar-refractivity contribution in [3.05, 3.63) is 59.7 Å². The molecule has 1 amide bonds. The van der Waals surface area contributed by atoms with Gasteiger partial charge in [-0.3, -0.25) is 9.78 Å². The Morgan fingerprint density at radius 3 is 2.97 bits per heavy atom. The van der Waals surface area contributed by atoms with E-state index in [0.29, 0.717) is 36.2 Å². The van der Waals surface area contributed by atoms with E-state index in [2.05, 4.69) is 31.9 Å². The number of carbonyl (C=O) groups is 1. The Kier molecular flexibility index (Phi) is 5.12. The van der Waals surface area contributed by atoms with Crippen molar-refractivity contribution >= 4 is 34.1 Å². The summed E-state index contributed by atoms with van der Waals surface area (Å²) >= 11 is 0. The van der Waals surface area contributed by atoms with Crippen LogP contribution in [-0.4, -0.2) is 57.8 Å². The molecule has 1 fully saturated rings. The highest BCUT2D eigenvalue weighted by atomic mass is 16.5. The molecule has 3 aliphatic rings. The molecule has 1 saturated heterocycles. The Labute approximate surface area is 214 Å². The van der Waals surface area contributed by atoms with Crippen LogP contribution in [0.15, 0.2) is 42.9 Å². The zero-order chi connectivity index (χ0) is 25.1. The summed E-state index contributed by atoms with van der Waals surface area (Å²) in [5.74, 6) is 0.578. The number of rotatable bonds is 4. The summed E-state index contributed by atoms with van der Waals surface area (Å²) in [5.41, 5.74) is 6.92. The quantitative estimate of drug-likeness (QED) is 0.396. The number of nitrogens with zero attached hydrogens (tertiary/aromatic N) is 5. The highest BCUT2D eigenvalue weighted by Gasteiger charge is 2.35. The van der Waals surface area contributed by atoms with Gasteiger partial charge in [-0.15, -0.1) is 0 Å². The Morgan fingerprint density at radius 1 is 1.16 bits per heavy atom. The topological polar surface area (TPSA) is 109 Å². The molecule has 10 nitrogen and oxygen atoms in total. The molecule has 7 rings (SSSR count). The van der Waals surface area contributed by atoms with E-state index in [9.17, 15) is 4.79 Å². The molecule has 2 atom stereocenters. The maximum absolute atomic E-state index is 12.9. The van der Waals surface area contributed by atoms with Crippen LogP contribution in [-0.2, 0) is 24.9 Å². The van der Waals surface area contributed by atoms with E-state index in [1.807, 2.05) is 36.0 Å². The van der Waals surface area contributed by atoms with Crippen molar-refractivity contribution in [2.75, 3.05) is 30.4 Å². The molecular weight excluding hydrogens is 468 g/mol. The predicted molar refractivity (Wildman–Crippen MR) is 141 cm³/mol. The van der Waals surface area contributed by atoms with Crippen LogP contribution >= 0.6 is 0 Å². The highest BCUT2D eigenvalue weighted by molar-refractivity contribution is 6.06. The van der Waals surface area contributed by atoms with E-state index in [1.54, 1.807) is 19.5 Å². The van der Waals surface area contributed by atoms with E-state index < -0.39 is 0 Å². The molecule has 7 heterocycles. The Morgan fingerprint density at radius 2 is 2.08 bits per heavy atom. The fraction of sp³-hybridized carbons (Fsp3) is 0.333. The van der Waals surface area contributed by atoms with E-state index in [0.717, 1.165) is 58.7 Å². The van der Waals surface area contributed by atoms with Crippen molar-refractivity contribution in [2.24, 2.45) is 7.05 Å². The van der Waals surface area contributed by atoms with Gasteiger partial charge in [-0.1, -0.05) is 0 Å². The van der Waals surface area contributed by atoms with E-state index >= 15 is 0 Å². The summed E-state index contributed by atoms with van der Waals surface area (Å²) in [7, 11) is 3.75. The number of methoxy groups -OCH3 is 1. The summed E-state index contributed by atoms with van der Waals surface area (Å²) in [5, 5.41) is 10.9. The molecule has 0 bridgehead atoms. The molecule has 10 heteroatoms. The van der Waals surface area contributed by atoms with Crippen LogP contribution in [0.5, 0.6) is 0 Å². The third kappa shape index (κ3) is 3.55. The molecule has 0 aliphatic carbocycles. The molecule has 0 saturated carbocycles. The maximum Gasteiger partial charge on any atom is 0.254 e. The SMILES string of the molecule is CO[C@H]1C[C@@H]2CNCc3nc(Nc4cnc(-c5ccnc6c5ccn6C)c5c4C(=O)NC5)ccc3N2C1. The minimum atomic E-state index is -0.110.